The van der Waals surface area contributed by atoms with Gasteiger partial charge in [0.2, 0.25) is 0 Å². The SMILES string of the molecule is COc1cccc(C2C(Nc3ncnc4c3c(Br)nn4C)CCN2C2CC2)c1. The van der Waals surface area contributed by atoms with Gasteiger partial charge in [0.25, 0.3) is 0 Å². The van der Waals surface area contributed by atoms with Gasteiger partial charge in [0, 0.05) is 25.7 Å². The van der Waals surface area contributed by atoms with Crippen LogP contribution in [0.3, 0.4) is 0 Å². The van der Waals surface area contributed by atoms with Crippen LogP contribution in [0.1, 0.15) is 30.9 Å². The van der Waals surface area contributed by atoms with E-state index in [0.717, 1.165) is 40.2 Å². The summed E-state index contributed by atoms with van der Waals surface area (Å²) < 4.78 is 8.02. The second kappa shape index (κ2) is 7.00. The fourth-order valence-corrected chi connectivity index (χ4v) is 4.96. The molecule has 2 fully saturated rings. The Balaban J connectivity index is 1.52. The van der Waals surface area contributed by atoms with Crippen molar-refractivity contribution in [3.63, 3.8) is 0 Å². The number of aryl methyl sites for hydroxylation is 1. The maximum Gasteiger partial charge on any atom is 0.164 e. The monoisotopic (exact) mass is 442 g/mol. The van der Waals surface area contributed by atoms with Crippen LogP contribution >= 0.6 is 15.9 Å². The average molecular weight is 443 g/mol. The van der Waals surface area contributed by atoms with Gasteiger partial charge >= 0.3 is 0 Å². The molecule has 2 aromatic heterocycles. The summed E-state index contributed by atoms with van der Waals surface area (Å²) >= 11 is 3.56. The first kappa shape index (κ1) is 17.9. The molecule has 1 saturated carbocycles. The van der Waals surface area contributed by atoms with Crippen molar-refractivity contribution in [2.24, 2.45) is 7.05 Å². The lowest BCUT2D eigenvalue weighted by Crippen LogP contribution is -2.33. The van der Waals surface area contributed by atoms with Crippen molar-refractivity contribution >= 4 is 32.8 Å². The van der Waals surface area contributed by atoms with E-state index in [0.29, 0.717) is 12.1 Å². The van der Waals surface area contributed by atoms with Crippen molar-refractivity contribution in [2.75, 3.05) is 19.0 Å². The van der Waals surface area contributed by atoms with Crippen LogP contribution in [0.5, 0.6) is 5.75 Å². The van der Waals surface area contributed by atoms with Gasteiger partial charge in [-0.2, -0.15) is 5.10 Å². The van der Waals surface area contributed by atoms with Crippen LogP contribution in [-0.2, 0) is 7.05 Å². The number of ether oxygens (including phenoxy) is 1. The van der Waals surface area contributed by atoms with Gasteiger partial charge in [0.1, 0.15) is 22.5 Å². The van der Waals surface area contributed by atoms with E-state index in [1.807, 2.05) is 13.1 Å². The number of nitrogens with one attached hydrogen (secondary N) is 1. The van der Waals surface area contributed by atoms with Crippen molar-refractivity contribution in [1.82, 2.24) is 24.6 Å². The van der Waals surface area contributed by atoms with Crippen LogP contribution in [-0.4, -0.2) is 50.4 Å². The number of halogens is 1. The molecule has 5 rings (SSSR count). The summed E-state index contributed by atoms with van der Waals surface area (Å²) in [4.78, 5) is 11.6. The minimum atomic E-state index is 0.262. The summed E-state index contributed by atoms with van der Waals surface area (Å²) in [5, 5.41) is 9.09. The second-order valence-corrected chi connectivity index (χ2v) is 8.32. The van der Waals surface area contributed by atoms with Gasteiger partial charge in [-0.25, -0.2) is 14.6 Å². The first-order valence-corrected chi connectivity index (χ1v) is 10.4. The molecule has 2 atom stereocenters. The van der Waals surface area contributed by atoms with Crippen LogP contribution in [0, 0.1) is 0 Å². The summed E-state index contributed by atoms with van der Waals surface area (Å²) in [6.45, 7) is 1.09. The molecule has 0 bridgehead atoms. The maximum absolute atomic E-state index is 5.48. The standard InChI is InChI=1S/C20H23BrN6O/c1-26-20-16(18(21)25-26)19(22-11-23-20)24-15-8-9-27(13-6-7-13)17(15)12-4-3-5-14(10-12)28-2/h3-5,10-11,13,15,17H,6-9H2,1-2H3,(H,22,23,24). The number of nitrogens with zero attached hydrogens (tertiary/aromatic N) is 5. The number of fused-ring (bicyclic) bond motifs is 1. The quantitative estimate of drug-likeness (QED) is 0.651. The minimum Gasteiger partial charge on any atom is -0.497 e. The number of likely N-dealkylation sites (tertiary alicyclic amines) is 1. The summed E-state index contributed by atoms with van der Waals surface area (Å²) in [7, 11) is 3.62. The van der Waals surface area contributed by atoms with Crippen LogP contribution in [0.2, 0.25) is 0 Å². The molecular formula is C20H23BrN6O. The number of rotatable bonds is 5. The number of hydrogen-bond acceptors (Lipinski definition) is 6. The van der Waals surface area contributed by atoms with Crippen LogP contribution in [0.25, 0.3) is 11.0 Å². The molecule has 1 N–H and O–H groups in total. The number of anilines is 1. The van der Waals surface area contributed by atoms with Gasteiger partial charge in [-0.1, -0.05) is 12.1 Å². The Morgan fingerprint density at radius 2 is 2.07 bits per heavy atom. The van der Waals surface area contributed by atoms with Gasteiger partial charge in [-0.15, -0.1) is 0 Å². The van der Waals surface area contributed by atoms with E-state index in [9.17, 15) is 0 Å². The second-order valence-electron chi connectivity index (χ2n) is 7.57. The van der Waals surface area contributed by atoms with E-state index < -0.39 is 0 Å². The Bertz CT molecular complexity index is 1020. The molecule has 2 aliphatic rings. The molecule has 0 radical (unpaired) electrons. The first-order valence-electron chi connectivity index (χ1n) is 9.65. The summed E-state index contributed by atoms with van der Waals surface area (Å²) in [5.74, 6) is 1.74. The number of methoxy groups -OCH3 is 1. The van der Waals surface area contributed by atoms with Gasteiger partial charge in [0.15, 0.2) is 5.65 Å². The third-order valence-corrected chi connectivity index (χ3v) is 6.34. The zero-order valence-electron chi connectivity index (χ0n) is 16.0. The van der Waals surface area contributed by atoms with Crippen molar-refractivity contribution < 1.29 is 4.74 Å². The van der Waals surface area contributed by atoms with E-state index in [1.54, 1.807) is 18.1 Å². The highest BCUT2D eigenvalue weighted by atomic mass is 79.9. The molecule has 1 aliphatic heterocycles. The molecule has 1 aliphatic carbocycles. The fraction of sp³-hybridized carbons (Fsp3) is 0.450. The normalized spacial score (nSPS) is 22.7. The number of aromatic nitrogens is 4. The largest absolute Gasteiger partial charge is 0.497 e. The zero-order chi connectivity index (χ0) is 19.3. The molecule has 8 heteroatoms. The molecule has 0 amide bonds. The lowest BCUT2D eigenvalue weighted by molar-refractivity contribution is 0.240. The van der Waals surface area contributed by atoms with Crippen LogP contribution in [0.4, 0.5) is 5.82 Å². The van der Waals surface area contributed by atoms with Gasteiger partial charge in [0.05, 0.1) is 18.5 Å². The first-order chi connectivity index (χ1) is 13.7. The highest BCUT2D eigenvalue weighted by Crippen LogP contribution is 2.43. The molecule has 146 valence electrons. The third kappa shape index (κ3) is 3.04. The van der Waals surface area contributed by atoms with E-state index in [1.165, 1.54) is 18.4 Å². The summed E-state index contributed by atoms with van der Waals surface area (Å²) in [6, 6.07) is 9.70. The molecular weight excluding hydrogens is 420 g/mol. The van der Waals surface area contributed by atoms with Gasteiger partial charge in [-0.05, 0) is 52.9 Å². The molecule has 3 heterocycles. The topological polar surface area (TPSA) is 68.1 Å². The predicted molar refractivity (Wildman–Crippen MR) is 111 cm³/mol. The van der Waals surface area contributed by atoms with Crippen LogP contribution in [0.15, 0.2) is 35.2 Å². The highest BCUT2D eigenvalue weighted by Gasteiger charge is 2.43. The summed E-state index contributed by atoms with van der Waals surface area (Å²) in [5.41, 5.74) is 2.11. The Labute approximate surface area is 172 Å². The average Bonchev–Trinajstić information content (AvgIpc) is 3.41. The highest BCUT2D eigenvalue weighted by molar-refractivity contribution is 9.10. The maximum atomic E-state index is 5.48. The third-order valence-electron chi connectivity index (χ3n) is 5.79. The van der Waals surface area contributed by atoms with Crippen molar-refractivity contribution in [3.8, 4) is 5.75 Å². The van der Waals surface area contributed by atoms with E-state index in [2.05, 4.69) is 59.4 Å². The lowest BCUT2D eigenvalue weighted by Gasteiger charge is -2.29. The smallest absolute Gasteiger partial charge is 0.164 e. The van der Waals surface area contributed by atoms with E-state index in [-0.39, 0.29) is 6.04 Å². The van der Waals surface area contributed by atoms with Crippen molar-refractivity contribution in [2.45, 2.75) is 37.4 Å². The van der Waals surface area contributed by atoms with E-state index >= 15 is 0 Å². The molecule has 2 unspecified atom stereocenters. The molecule has 1 saturated heterocycles. The Morgan fingerprint density at radius 3 is 2.86 bits per heavy atom. The lowest BCUT2D eigenvalue weighted by atomic mass is 9.99. The van der Waals surface area contributed by atoms with Gasteiger partial charge in [-0.3, -0.25) is 4.90 Å². The van der Waals surface area contributed by atoms with Crippen molar-refractivity contribution in [1.29, 1.82) is 0 Å². The Hall–Kier alpha value is -2.19. The molecule has 28 heavy (non-hydrogen) atoms. The number of hydrogen-bond donors (Lipinski definition) is 1. The van der Waals surface area contributed by atoms with Crippen LogP contribution < -0.4 is 10.1 Å². The Kier molecular flexibility index (Phi) is 4.47. The van der Waals surface area contributed by atoms with Crippen molar-refractivity contribution in [3.05, 3.63) is 40.8 Å². The van der Waals surface area contributed by atoms with Gasteiger partial charge < -0.3 is 10.1 Å². The number of benzene rings is 1. The Morgan fingerprint density at radius 1 is 1.21 bits per heavy atom. The minimum absolute atomic E-state index is 0.262. The summed E-state index contributed by atoms with van der Waals surface area (Å²) in [6.07, 6.45) is 5.26. The molecule has 7 nitrogen and oxygen atoms in total. The van der Waals surface area contributed by atoms with E-state index in [4.69, 9.17) is 4.74 Å². The molecule has 3 aromatic rings. The predicted octanol–water partition coefficient (Wildman–Crippen LogP) is 3.52. The fourth-order valence-electron chi connectivity index (χ4n) is 4.36. The molecule has 1 aromatic carbocycles. The zero-order valence-corrected chi connectivity index (χ0v) is 17.6. The molecule has 0 spiro atoms.